The van der Waals surface area contributed by atoms with E-state index in [1.807, 2.05) is 62.4 Å². The Kier molecular flexibility index (Phi) is 5.40. The van der Waals surface area contributed by atoms with Crippen LogP contribution in [0.1, 0.15) is 28.1 Å². The molecule has 0 unspecified atom stereocenters. The average Bonchev–Trinajstić information content (AvgIpc) is 3.31. The second kappa shape index (κ2) is 8.13. The number of hydrogen-bond donors (Lipinski definition) is 1. The fraction of sp³-hybridized carbons (Fsp3) is 0.273. The zero-order valence-electron chi connectivity index (χ0n) is 16.4. The minimum absolute atomic E-state index is 0.0320. The minimum atomic E-state index is -0.398. The molecule has 0 spiro atoms. The molecule has 0 aliphatic carbocycles. The highest BCUT2D eigenvalue weighted by molar-refractivity contribution is 7.15. The van der Waals surface area contributed by atoms with Crippen LogP contribution in [-0.4, -0.2) is 28.6 Å². The summed E-state index contributed by atoms with van der Waals surface area (Å²) >= 11 is 1.36. The van der Waals surface area contributed by atoms with Gasteiger partial charge in [0, 0.05) is 25.1 Å². The van der Waals surface area contributed by atoms with Gasteiger partial charge in [0.05, 0.1) is 5.92 Å². The Balaban J connectivity index is 1.39. The summed E-state index contributed by atoms with van der Waals surface area (Å²) in [6, 6.07) is 15.9. The van der Waals surface area contributed by atoms with E-state index in [0.717, 1.165) is 21.8 Å². The molecule has 0 radical (unpaired) electrons. The van der Waals surface area contributed by atoms with Crippen LogP contribution in [-0.2, 0) is 16.0 Å². The van der Waals surface area contributed by atoms with Crippen LogP contribution in [0.3, 0.4) is 0 Å². The van der Waals surface area contributed by atoms with Crippen molar-refractivity contribution in [2.45, 2.75) is 26.7 Å². The van der Waals surface area contributed by atoms with Crippen molar-refractivity contribution < 1.29 is 9.59 Å². The first kappa shape index (κ1) is 19.3. The molecule has 0 saturated carbocycles. The zero-order chi connectivity index (χ0) is 20.4. The fourth-order valence-corrected chi connectivity index (χ4v) is 4.16. The molecular weight excluding hydrogens is 384 g/mol. The van der Waals surface area contributed by atoms with Crippen molar-refractivity contribution in [2.75, 3.05) is 16.8 Å². The molecule has 4 rings (SSSR count). The highest BCUT2D eigenvalue weighted by Crippen LogP contribution is 2.28. The third-order valence-corrected chi connectivity index (χ3v) is 6.03. The van der Waals surface area contributed by atoms with Gasteiger partial charge in [0.15, 0.2) is 0 Å². The Morgan fingerprint density at radius 3 is 2.69 bits per heavy atom. The Morgan fingerprint density at radius 1 is 1.14 bits per heavy atom. The maximum absolute atomic E-state index is 12.7. The molecule has 3 aromatic rings. The molecule has 1 N–H and O–H groups in total. The van der Waals surface area contributed by atoms with Crippen LogP contribution in [0.25, 0.3) is 0 Å². The monoisotopic (exact) mass is 406 g/mol. The number of hydrogen-bond acceptors (Lipinski definition) is 5. The van der Waals surface area contributed by atoms with Gasteiger partial charge in [-0.3, -0.25) is 9.59 Å². The number of anilines is 2. The third kappa shape index (κ3) is 4.35. The van der Waals surface area contributed by atoms with Gasteiger partial charge in [-0.2, -0.15) is 0 Å². The molecule has 148 valence electrons. The molecule has 2 heterocycles. The quantitative estimate of drug-likeness (QED) is 0.700. The summed E-state index contributed by atoms with van der Waals surface area (Å²) in [4.78, 5) is 26.8. The molecule has 7 heteroatoms. The van der Waals surface area contributed by atoms with Crippen molar-refractivity contribution in [3.63, 3.8) is 0 Å². The van der Waals surface area contributed by atoms with Gasteiger partial charge >= 0.3 is 0 Å². The average molecular weight is 407 g/mol. The van der Waals surface area contributed by atoms with Gasteiger partial charge in [-0.1, -0.05) is 47.7 Å². The number of aryl methyl sites for hydroxylation is 2. The Bertz CT molecular complexity index is 1050. The van der Waals surface area contributed by atoms with Crippen molar-refractivity contribution in [1.82, 2.24) is 10.2 Å². The lowest BCUT2D eigenvalue weighted by atomic mass is 10.1. The topological polar surface area (TPSA) is 75.2 Å². The first-order chi connectivity index (χ1) is 14.0. The van der Waals surface area contributed by atoms with Crippen LogP contribution >= 0.6 is 11.3 Å². The zero-order valence-corrected chi connectivity index (χ0v) is 17.2. The second-order valence-corrected chi connectivity index (χ2v) is 8.39. The number of carbonyl (C=O) groups is 2. The number of nitrogens with zero attached hydrogens (tertiary/aromatic N) is 3. The summed E-state index contributed by atoms with van der Waals surface area (Å²) in [6.45, 7) is 4.43. The van der Waals surface area contributed by atoms with E-state index in [1.165, 1.54) is 16.9 Å². The van der Waals surface area contributed by atoms with Crippen molar-refractivity contribution in [3.8, 4) is 0 Å². The Labute approximate surface area is 173 Å². The number of rotatable bonds is 5. The summed E-state index contributed by atoms with van der Waals surface area (Å²) in [5.41, 5.74) is 4.29. The molecule has 1 aliphatic heterocycles. The van der Waals surface area contributed by atoms with Crippen LogP contribution < -0.4 is 10.2 Å². The Morgan fingerprint density at radius 2 is 1.93 bits per heavy atom. The first-order valence-electron chi connectivity index (χ1n) is 9.54. The Hall–Kier alpha value is -3.06. The van der Waals surface area contributed by atoms with E-state index < -0.39 is 5.92 Å². The van der Waals surface area contributed by atoms with Crippen LogP contribution in [0.5, 0.6) is 0 Å². The summed E-state index contributed by atoms with van der Waals surface area (Å²) in [7, 11) is 0. The van der Waals surface area contributed by atoms with E-state index in [-0.39, 0.29) is 18.2 Å². The molecule has 29 heavy (non-hydrogen) atoms. The summed E-state index contributed by atoms with van der Waals surface area (Å²) in [5, 5.41) is 12.4. The van der Waals surface area contributed by atoms with Crippen LogP contribution in [0.15, 0.2) is 48.5 Å². The molecule has 6 nitrogen and oxygen atoms in total. The van der Waals surface area contributed by atoms with E-state index in [4.69, 9.17) is 0 Å². The van der Waals surface area contributed by atoms with Gasteiger partial charge in [0.25, 0.3) is 0 Å². The lowest BCUT2D eigenvalue weighted by molar-refractivity contribution is -0.122. The molecule has 1 aliphatic rings. The number of aromatic nitrogens is 2. The van der Waals surface area contributed by atoms with E-state index >= 15 is 0 Å². The van der Waals surface area contributed by atoms with E-state index in [9.17, 15) is 9.59 Å². The molecule has 1 atom stereocenters. The van der Waals surface area contributed by atoms with Crippen molar-refractivity contribution in [2.24, 2.45) is 5.92 Å². The number of benzene rings is 2. The molecule has 1 aromatic heterocycles. The molecule has 2 aromatic carbocycles. The van der Waals surface area contributed by atoms with Crippen LogP contribution in [0.4, 0.5) is 10.8 Å². The number of amides is 2. The van der Waals surface area contributed by atoms with Crippen molar-refractivity contribution in [1.29, 1.82) is 0 Å². The summed E-state index contributed by atoms with van der Waals surface area (Å²) < 4.78 is 0. The maximum atomic E-state index is 12.7. The van der Waals surface area contributed by atoms with E-state index in [0.29, 0.717) is 18.1 Å². The molecule has 1 fully saturated rings. The van der Waals surface area contributed by atoms with Crippen LogP contribution in [0, 0.1) is 19.8 Å². The van der Waals surface area contributed by atoms with Gasteiger partial charge < -0.3 is 10.2 Å². The lowest BCUT2D eigenvalue weighted by Crippen LogP contribution is -2.28. The molecule has 2 amide bonds. The largest absolute Gasteiger partial charge is 0.312 e. The smallest absolute Gasteiger partial charge is 0.231 e. The normalized spacial score (nSPS) is 16.3. The van der Waals surface area contributed by atoms with E-state index in [1.54, 1.807) is 4.90 Å². The predicted molar refractivity (Wildman–Crippen MR) is 114 cm³/mol. The highest BCUT2D eigenvalue weighted by Gasteiger charge is 2.35. The predicted octanol–water partition coefficient (Wildman–Crippen LogP) is 3.74. The SMILES string of the molecule is Cc1ccc(N2C[C@@H](C(=O)Nc3nnc(Cc4ccccc4)s3)CC2=O)cc1C. The number of nitrogens with one attached hydrogen (secondary N) is 1. The van der Waals surface area contributed by atoms with Crippen LogP contribution in [0.2, 0.25) is 0 Å². The molecule has 1 saturated heterocycles. The fourth-order valence-electron chi connectivity index (χ4n) is 3.38. The molecule has 0 bridgehead atoms. The summed E-state index contributed by atoms with van der Waals surface area (Å²) in [6.07, 6.45) is 0.880. The van der Waals surface area contributed by atoms with Gasteiger partial charge in [-0.15, -0.1) is 10.2 Å². The van der Waals surface area contributed by atoms with E-state index in [2.05, 4.69) is 15.5 Å². The summed E-state index contributed by atoms with van der Waals surface area (Å²) in [5.74, 6) is -0.617. The molecular formula is C22H22N4O2S. The van der Waals surface area contributed by atoms with Gasteiger partial charge in [-0.05, 0) is 42.7 Å². The van der Waals surface area contributed by atoms with Crippen molar-refractivity contribution in [3.05, 3.63) is 70.2 Å². The van der Waals surface area contributed by atoms with Crippen molar-refractivity contribution >= 4 is 34.0 Å². The van der Waals surface area contributed by atoms with Gasteiger partial charge in [0.1, 0.15) is 5.01 Å². The highest BCUT2D eigenvalue weighted by atomic mass is 32.1. The van der Waals surface area contributed by atoms with Gasteiger partial charge in [0.2, 0.25) is 16.9 Å². The van der Waals surface area contributed by atoms with Gasteiger partial charge in [-0.25, -0.2) is 0 Å². The number of carbonyl (C=O) groups excluding carboxylic acids is 2. The standard InChI is InChI=1S/C22H22N4O2S/c1-14-8-9-18(10-15(14)2)26-13-17(12-20(26)27)21(28)23-22-25-24-19(29-22)11-16-6-4-3-5-7-16/h3-10,17H,11-13H2,1-2H3,(H,23,25,28)/t17-/m0/s1. The maximum Gasteiger partial charge on any atom is 0.231 e. The lowest BCUT2D eigenvalue weighted by Gasteiger charge is -2.17. The second-order valence-electron chi connectivity index (χ2n) is 7.33. The minimum Gasteiger partial charge on any atom is -0.312 e. The third-order valence-electron chi connectivity index (χ3n) is 5.19. The first-order valence-corrected chi connectivity index (χ1v) is 10.4.